The van der Waals surface area contributed by atoms with Gasteiger partial charge in [-0.05, 0) is 51.5 Å². The molecule has 2 aromatic rings. The number of rotatable bonds is 6. The van der Waals surface area contributed by atoms with Crippen LogP contribution in [-0.2, 0) is 6.54 Å². The molecule has 7 heteroatoms. The molecule has 0 bridgehead atoms. The van der Waals surface area contributed by atoms with Gasteiger partial charge in [-0.3, -0.25) is 9.48 Å². The Kier molecular flexibility index (Phi) is 5.61. The Hall–Kier alpha value is -2.18. The van der Waals surface area contributed by atoms with Crippen LogP contribution in [0.2, 0.25) is 0 Å². The van der Waals surface area contributed by atoms with Gasteiger partial charge in [-0.2, -0.15) is 10.1 Å². The molecule has 3 aliphatic rings. The van der Waals surface area contributed by atoms with Crippen molar-refractivity contribution in [2.45, 2.75) is 109 Å². The number of aromatic nitrogens is 4. The van der Waals surface area contributed by atoms with E-state index >= 15 is 0 Å². The smallest absolute Gasteiger partial charge is 0.295 e. The van der Waals surface area contributed by atoms with E-state index in [2.05, 4.69) is 28.0 Å². The fourth-order valence-electron chi connectivity index (χ4n) is 5.31. The van der Waals surface area contributed by atoms with E-state index in [1.165, 1.54) is 51.4 Å². The molecule has 3 fully saturated rings. The van der Waals surface area contributed by atoms with Crippen molar-refractivity contribution < 1.29 is 9.32 Å². The van der Waals surface area contributed by atoms with E-state index in [0.29, 0.717) is 23.9 Å². The Bertz CT molecular complexity index is 854. The lowest BCUT2D eigenvalue weighted by Gasteiger charge is -2.41. The van der Waals surface area contributed by atoms with Crippen molar-refractivity contribution in [1.29, 1.82) is 0 Å². The van der Waals surface area contributed by atoms with Crippen LogP contribution in [0.1, 0.15) is 106 Å². The minimum absolute atomic E-state index is 0.0474. The lowest BCUT2D eigenvalue weighted by atomic mass is 9.88. The second-order valence-corrected chi connectivity index (χ2v) is 9.26. The monoisotopic (exact) mass is 411 g/mol. The molecule has 0 radical (unpaired) electrons. The fourth-order valence-corrected chi connectivity index (χ4v) is 5.31. The zero-order chi connectivity index (χ0) is 20.5. The van der Waals surface area contributed by atoms with E-state index in [-0.39, 0.29) is 11.7 Å². The van der Waals surface area contributed by atoms with E-state index in [0.717, 1.165) is 43.6 Å². The molecule has 0 N–H and O–H groups in total. The molecule has 0 spiro atoms. The van der Waals surface area contributed by atoms with E-state index in [1.54, 1.807) is 0 Å². The van der Waals surface area contributed by atoms with Gasteiger partial charge in [0.05, 0.1) is 5.69 Å². The van der Waals surface area contributed by atoms with Gasteiger partial charge >= 0.3 is 0 Å². The summed E-state index contributed by atoms with van der Waals surface area (Å²) in [6.45, 7) is 2.80. The van der Waals surface area contributed by atoms with Crippen LogP contribution >= 0.6 is 0 Å². The molecular formula is C23H33N5O2. The molecule has 30 heavy (non-hydrogen) atoms. The number of hydrogen-bond donors (Lipinski definition) is 0. The molecule has 0 saturated heterocycles. The minimum atomic E-state index is -0.0474. The summed E-state index contributed by atoms with van der Waals surface area (Å²) >= 11 is 0. The largest absolute Gasteiger partial charge is 0.332 e. The molecule has 7 nitrogen and oxygen atoms in total. The highest BCUT2D eigenvalue weighted by Gasteiger charge is 2.35. The Morgan fingerprint density at radius 1 is 1.03 bits per heavy atom. The molecule has 5 rings (SSSR count). The lowest BCUT2D eigenvalue weighted by Crippen LogP contribution is -2.49. The molecule has 2 aromatic heterocycles. The van der Waals surface area contributed by atoms with Crippen LogP contribution in [0.5, 0.6) is 0 Å². The summed E-state index contributed by atoms with van der Waals surface area (Å²) in [6.07, 6.45) is 14.2. The van der Waals surface area contributed by atoms with Gasteiger partial charge in [0.1, 0.15) is 5.69 Å². The van der Waals surface area contributed by atoms with Crippen LogP contribution in [-0.4, -0.2) is 42.8 Å². The van der Waals surface area contributed by atoms with Crippen molar-refractivity contribution in [2.24, 2.45) is 0 Å². The first kappa shape index (κ1) is 19.8. The van der Waals surface area contributed by atoms with Gasteiger partial charge in [-0.15, -0.1) is 0 Å². The molecular weight excluding hydrogens is 378 g/mol. The van der Waals surface area contributed by atoms with Crippen LogP contribution in [0.4, 0.5) is 0 Å². The van der Waals surface area contributed by atoms with Crippen LogP contribution < -0.4 is 0 Å². The first-order valence-electron chi connectivity index (χ1n) is 12.0. The third kappa shape index (κ3) is 3.91. The standard InChI is InChI=1S/C23H33N5O2/c1-2-27-20(15-19(25-27)16-13-14-16)22-24-21(26-30-22)23(29)28(17-9-5-3-6-10-17)18-11-7-4-8-12-18/h15-18H,2-14H2,1H3. The number of carbonyl (C=O) groups excluding carboxylic acids is 1. The van der Waals surface area contributed by atoms with E-state index < -0.39 is 0 Å². The molecule has 0 aromatic carbocycles. The van der Waals surface area contributed by atoms with Gasteiger partial charge in [0, 0.05) is 24.5 Å². The molecule has 2 heterocycles. The van der Waals surface area contributed by atoms with Crippen LogP contribution in [0.3, 0.4) is 0 Å². The van der Waals surface area contributed by atoms with Crippen LogP contribution in [0, 0.1) is 0 Å². The summed E-state index contributed by atoms with van der Waals surface area (Å²) in [7, 11) is 0. The van der Waals surface area contributed by atoms with Crippen LogP contribution in [0.25, 0.3) is 11.6 Å². The maximum atomic E-state index is 13.6. The Morgan fingerprint density at radius 3 is 2.23 bits per heavy atom. The maximum Gasteiger partial charge on any atom is 0.295 e. The molecule has 0 aliphatic heterocycles. The predicted octanol–water partition coefficient (Wildman–Crippen LogP) is 4.94. The van der Waals surface area contributed by atoms with Crippen molar-refractivity contribution in [2.75, 3.05) is 0 Å². The lowest BCUT2D eigenvalue weighted by molar-refractivity contribution is 0.0433. The molecule has 162 valence electrons. The Morgan fingerprint density at radius 2 is 1.67 bits per heavy atom. The number of aryl methyl sites for hydroxylation is 1. The predicted molar refractivity (Wildman–Crippen MR) is 113 cm³/mol. The quantitative estimate of drug-likeness (QED) is 0.673. The average Bonchev–Trinajstić information content (AvgIpc) is 3.36. The van der Waals surface area contributed by atoms with Crippen molar-refractivity contribution >= 4 is 5.91 Å². The average molecular weight is 412 g/mol. The second-order valence-electron chi connectivity index (χ2n) is 9.26. The van der Waals surface area contributed by atoms with Gasteiger partial charge in [-0.25, -0.2) is 0 Å². The molecule has 0 unspecified atom stereocenters. The third-order valence-corrected chi connectivity index (χ3v) is 7.10. The maximum absolute atomic E-state index is 13.6. The van der Waals surface area contributed by atoms with Gasteiger partial charge < -0.3 is 9.42 Å². The summed E-state index contributed by atoms with van der Waals surface area (Å²) in [5, 5.41) is 8.83. The summed E-state index contributed by atoms with van der Waals surface area (Å²) in [5.41, 5.74) is 1.93. The topological polar surface area (TPSA) is 77.1 Å². The number of nitrogens with zero attached hydrogens (tertiary/aromatic N) is 5. The highest BCUT2D eigenvalue weighted by molar-refractivity contribution is 5.91. The van der Waals surface area contributed by atoms with Crippen molar-refractivity contribution in [3.63, 3.8) is 0 Å². The molecule has 1 amide bonds. The first-order chi connectivity index (χ1) is 14.7. The summed E-state index contributed by atoms with van der Waals surface area (Å²) < 4.78 is 7.50. The van der Waals surface area contributed by atoms with Crippen molar-refractivity contribution in [3.8, 4) is 11.6 Å². The van der Waals surface area contributed by atoms with Crippen LogP contribution in [0.15, 0.2) is 10.6 Å². The highest BCUT2D eigenvalue weighted by Crippen LogP contribution is 2.40. The van der Waals surface area contributed by atoms with Gasteiger partial charge in [0.15, 0.2) is 0 Å². The minimum Gasteiger partial charge on any atom is -0.332 e. The van der Waals surface area contributed by atoms with E-state index in [4.69, 9.17) is 9.62 Å². The zero-order valence-electron chi connectivity index (χ0n) is 18.1. The number of amides is 1. The second kappa shape index (κ2) is 8.52. The normalized spacial score (nSPS) is 21.1. The molecule has 3 saturated carbocycles. The summed E-state index contributed by atoms with van der Waals surface area (Å²) in [5.74, 6) is 1.13. The highest BCUT2D eigenvalue weighted by atomic mass is 16.5. The van der Waals surface area contributed by atoms with Gasteiger partial charge in [0.2, 0.25) is 0 Å². The van der Waals surface area contributed by atoms with E-state index in [1.807, 2.05) is 4.68 Å². The fraction of sp³-hybridized carbons (Fsp3) is 0.739. The zero-order valence-corrected chi connectivity index (χ0v) is 18.1. The Balaban J connectivity index is 1.41. The summed E-state index contributed by atoms with van der Waals surface area (Å²) in [6, 6.07) is 2.70. The summed E-state index contributed by atoms with van der Waals surface area (Å²) in [4.78, 5) is 20.3. The number of hydrogen-bond acceptors (Lipinski definition) is 5. The number of carbonyl (C=O) groups is 1. The van der Waals surface area contributed by atoms with Gasteiger partial charge in [-0.1, -0.05) is 43.7 Å². The molecule has 0 atom stereocenters. The van der Waals surface area contributed by atoms with Crippen molar-refractivity contribution in [3.05, 3.63) is 17.6 Å². The third-order valence-electron chi connectivity index (χ3n) is 7.10. The van der Waals surface area contributed by atoms with Gasteiger partial charge in [0.25, 0.3) is 17.6 Å². The SMILES string of the molecule is CCn1nc(C2CC2)cc1-c1nc(C(=O)N(C2CCCCC2)C2CCCCC2)no1. The van der Waals surface area contributed by atoms with Crippen molar-refractivity contribution in [1.82, 2.24) is 24.8 Å². The first-order valence-corrected chi connectivity index (χ1v) is 12.0. The van der Waals surface area contributed by atoms with E-state index in [9.17, 15) is 4.79 Å². The Labute approximate surface area is 178 Å². The molecule has 3 aliphatic carbocycles.